The lowest BCUT2D eigenvalue weighted by Gasteiger charge is -2.09. The highest BCUT2D eigenvalue weighted by atomic mass is 19.1. The van der Waals surface area contributed by atoms with E-state index in [-0.39, 0.29) is 17.3 Å². The molecular weight excluding hydrogens is 274 g/mol. The largest absolute Gasteiger partial charge is 0.397 e. The lowest BCUT2D eigenvalue weighted by molar-refractivity contribution is -0.116. The number of hydrogen-bond donors (Lipinski definition) is 2. The molecule has 0 aromatic heterocycles. The SMILES string of the molecule is CCCCCCCCCC(=O)Nc1c(N)cc(F)cc1F. The molecule has 0 heterocycles. The first kappa shape index (κ1) is 17.4. The topological polar surface area (TPSA) is 55.1 Å². The molecule has 3 nitrogen and oxygen atoms in total. The van der Waals surface area contributed by atoms with E-state index in [9.17, 15) is 13.6 Å². The number of nitrogens with two attached hydrogens (primary N) is 1. The molecule has 0 aliphatic heterocycles. The maximum Gasteiger partial charge on any atom is 0.224 e. The van der Waals surface area contributed by atoms with Gasteiger partial charge >= 0.3 is 0 Å². The molecule has 3 N–H and O–H groups in total. The van der Waals surface area contributed by atoms with Crippen LogP contribution in [0.2, 0.25) is 0 Å². The molecule has 0 aliphatic rings. The molecule has 118 valence electrons. The Balaban J connectivity index is 2.28. The molecular formula is C16H24F2N2O. The Morgan fingerprint density at radius 1 is 1.10 bits per heavy atom. The highest BCUT2D eigenvalue weighted by Gasteiger charge is 2.12. The molecule has 0 saturated heterocycles. The summed E-state index contributed by atoms with van der Waals surface area (Å²) in [6, 6.07) is 1.70. The summed E-state index contributed by atoms with van der Waals surface area (Å²) in [7, 11) is 0. The smallest absolute Gasteiger partial charge is 0.224 e. The molecule has 21 heavy (non-hydrogen) atoms. The third-order valence-electron chi connectivity index (χ3n) is 3.36. The van der Waals surface area contributed by atoms with Gasteiger partial charge in [-0.15, -0.1) is 0 Å². The number of benzene rings is 1. The molecule has 0 saturated carbocycles. The summed E-state index contributed by atoms with van der Waals surface area (Å²) < 4.78 is 26.4. The standard InChI is InChI=1S/C16H24F2N2O/c1-2-3-4-5-6-7-8-9-15(21)20-16-13(18)10-12(17)11-14(16)19/h10-11H,2-9,19H2,1H3,(H,20,21). The quantitative estimate of drug-likeness (QED) is 0.516. The van der Waals surface area contributed by atoms with Crippen molar-refractivity contribution >= 4 is 17.3 Å². The second-order valence-corrected chi connectivity index (χ2v) is 5.27. The van der Waals surface area contributed by atoms with Gasteiger partial charge in [0, 0.05) is 12.5 Å². The summed E-state index contributed by atoms with van der Waals surface area (Å²) in [4.78, 5) is 11.7. The molecule has 1 rings (SSSR count). The molecule has 0 atom stereocenters. The number of anilines is 2. The average molecular weight is 298 g/mol. The minimum Gasteiger partial charge on any atom is -0.397 e. The Morgan fingerprint density at radius 2 is 1.71 bits per heavy atom. The van der Waals surface area contributed by atoms with Crippen LogP contribution < -0.4 is 11.1 Å². The maximum absolute atomic E-state index is 13.5. The van der Waals surface area contributed by atoms with Crippen molar-refractivity contribution in [3.8, 4) is 0 Å². The number of halogens is 2. The van der Waals surface area contributed by atoms with Crippen molar-refractivity contribution in [2.24, 2.45) is 0 Å². The van der Waals surface area contributed by atoms with Gasteiger partial charge in [0.1, 0.15) is 11.5 Å². The van der Waals surface area contributed by atoms with E-state index in [1.165, 1.54) is 25.7 Å². The Kier molecular flexibility index (Phi) is 7.72. The van der Waals surface area contributed by atoms with Crippen LogP contribution in [0.5, 0.6) is 0 Å². The van der Waals surface area contributed by atoms with Gasteiger partial charge in [0.05, 0.1) is 5.69 Å². The number of amides is 1. The molecule has 1 aromatic rings. The van der Waals surface area contributed by atoms with Gasteiger partial charge < -0.3 is 11.1 Å². The van der Waals surface area contributed by atoms with Crippen molar-refractivity contribution in [3.63, 3.8) is 0 Å². The molecule has 0 unspecified atom stereocenters. The lowest BCUT2D eigenvalue weighted by atomic mass is 10.1. The van der Waals surface area contributed by atoms with E-state index in [0.29, 0.717) is 12.5 Å². The molecule has 0 bridgehead atoms. The van der Waals surface area contributed by atoms with E-state index >= 15 is 0 Å². The predicted molar refractivity (Wildman–Crippen MR) is 82.0 cm³/mol. The maximum atomic E-state index is 13.5. The number of carbonyl (C=O) groups excluding carboxylic acids is 1. The van der Waals surface area contributed by atoms with Crippen molar-refractivity contribution in [2.75, 3.05) is 11.1 Å². The fraction of sp³-hybridized carbons (Fsp3) is 0.562. The van der Waals surface area contributed by atoms with E-state index in [2.05, 4.69) is 12.2 Å². The van der Waals surface area contributed by atoms with E-state index in [1.807, 2.05) is 0 Å². The molecule has 0 aliphatic carbocycles. The summed E-state index contributed by atoms with van der Waals surface area (Å²) in [6.07, 6.45) is 8.08. The van der Waals surface area contributed by atoms with E-state index in [0.717, 1.165) is 25.3 Å². The lowest BCUT2D eigenvalue weighted by Crippen LogP contribution is -2.14. The zero-order valence-corrected chi connectivity index (χ0v) is 12.6. The van der Waals surface area contributed by atoms with E-state index in [4.69, 9.17) is 5.73 Å². The monoisotopic (exact) mass is 298 g/mol. The molecule has 0 fully saturated rings. The number of unbranched alkanes of at least 4 members (excludes halogenated alkanes) is 6. The number of rotatable bonds is 9. The number of nitrogen functional groups attached to an aromatic ring is 1. The summed E-state index contributed by atoms with van der Waals surface area (Å²) in [5.74, 6) is -1.89. The van der Waals surface area contributed by atoms with Crippen molar-refractivity contribution in [1.82, 2.24) is 0 Å². The van der Waals surface area contributed by atoms with Crippen molar-refractivity contribution < 1.29 is 13.6 Å². The molecule has 0 spiro atoms. The zero-order valence-electron chi connectivity index (χ0n) is 12.6. The van der Waals surface area contributed by atoms with Gasteiger partial charge in [-0.05, 0) is 12.5 Å². The van der Waals surface area contributed by atoms with Gasteiger partial charge in [0.2, 0.25) is 5.91 Å². The van der Waals surface area contributed by atoms with Crippen LogP contribution in [0.25, 0.3) is 0 Å². The fourth-order valence-corrected chi connectivity index (χ4v) is 2.17. The van der Waals surface area contributed by atoms with Crippen LogP contribution in [0.15, 0.2) is 12.1 Å². The molecule has 5 heteroatoms. The van der Waals surface area contributed by atoms with E-state index < -0.39 is 11.6 Å². The van der Waals surface area contributed by atoms with Crippen LogP contribution in [0.4, 0.5) is 20.2 Å². The van der Waals surface area contributed by atoms with Crippen molar-refractivity contribution in [1.29, 1.82) is 0 Å². The molecule has 1 aromatic carbocycles. The summed E-state index contributed by atoms with van der Waals surface area (Å²) in [5.41, 5.74) is 5.27. The van der Waals surface area contributed by atoms with E-state index in [1.54, 1.807) is 0 Å². The van der Waals surface area contributed by atoms with Crippen molar-refractivity contribution in [3.05, 3.63) is 23.8 Å². The Hall–Kier alpha value is -1.65. The van der Waals surface area contributed by atoms with Gasteiger partial charge in [-0.25, -0.2) is 8.78 Å². The normalized spacial score (nSPS) is 10.6. The Labute approximate surface area is 124 Å². The summed E-state index contributed by atoms with van der Waals surface area (Å²) in [5, 5.41) is 2.41. The first-order valence-corrected chi connectivity index (χ1v) is 7.59. The first-order chi connectivity index (χ1) is 10.0. The van der Waals surface area contributed by atoms with Crippen LogP contribution in [0, 0.1) is 11.6 Å². The fourth-order valence-electron chi connectivity index (χ4n) is 2.17. The molecule has 0 radical (unpaired) electrons. The minimum atomic E-state index is -0.847. The average Bonchev–Trinajstić information content (AvgIpc) is 2.42. The van der Waals surface area contributed by atoms with Gasteiger partial charge in [-0.2, -0.15) is 0 Å². The second-order valence-electron chi connectivity index (χ2n) is 5.27. The van der Waals surface area contributed by atoms with Gasteiger partial charge in [-0.3, -0.25) is 4.79 Å². The van der Waals surface area contributed by atoms with Gasteiger partial charge in [0.25, 0.3) is 0 Å². The third-order valence-corrected chi connectivity index (χ3v) is 3.36. The number of nitrogens with one attached hydrogen (secondary N) is 1. The predicted octanol–water partition coefficient (Wildman–Crippen LogP) is 4.63. The van der Waals surface area contributed by atoms with Crippen LogP contribution in [-0.2, 0) is 4.79 Å². The third kappa shape index (κ3) is 6.56. The zero-order chi connectivity index (χ0) is 15.7. The highest BCUT2D eigenvalue weighted by molar-refractivity contribution is 5.93. The first-order valence-electron chi connectivity index (χ1n) is 7.59. The second kappa shape index (κ2) is 9.32. The summed E-state index contributed by atoms with van der Waals surface area (Å²) >= 11 is 0. The van der Waals surface area contributed by atoms with Crippen LogP contribution in [0.3, 0.4) is 0 Å². The minimum absolute atomic E-state index is 0.0968. The summed E-state index contributed by atoms with van der Waals surface area (Å²) in [6.45, 7) is 2.17. The van der Waals surface area contributed by atoms with Crippen LogP contribution >= 0.6 is 0 Å². The van der Waals surface area contributed by atoms with Gasteiger partial charge in [0.15, 0.2) is 5.82 Å². The Morgan fingerprint density at radius 3 is 2.33 bits per heavy atom. The highest BCUT2D eigenvalue weighted by Crippen LogP contribution is 2.24. The number of hydrogen-bond acceptors (Lipinski definition) is 2. The van der Waals surface area contributed by atoms with Crippen LogP contribution in [0.1, 0.15) is 58.3 Å². The Bertz CT molecular complexity index is 441. The van der Waals surface area contributed by atoms with Gasteiger partial charge in [-0.1, -0.05) is 45.4 Å². The van der Waals surface area contributed by atoms with Crippen molar-refractivity contribution in [2.45, 2.75) is 58.3 Å². The van der Waals surface area contributed by atoms with Crippen LogP contribution in [-0.4, -0.2) is 5.91 Å². The molecule has 1 amide bonds. The number of carbonyl (C=O) groups is 1.